The van der Waals surface area contributed by atoms with Crippen LogP contribution in [0.5, 0.6) is 0 Å². The smallest absolute Gasteiger partial charge is 0.255 e. The summed E-state index contributed by atoms with van der Waals surface area (Å²) in [5.41, 5.74) is 1.87. The lowest BCUT2D eigenvalue weighted by molar-refractivity contribution is 0.0549. The third-order valence-corrected chi connectivity index (χ3v) is 4.56. The number of carbonyl (C=O) groups excluding carboxylic acids is 1. The zero-order chi connectivity index (χ0) is 15.7. The number of hydrogen-bond donors (Lipinski definition) is 0. The topological polar surface area (TPSA) is 38.8 Å². The number of carbonyl (C=O) groups is 1. The Balaban J connectivity index is 2.79. The van der Waals surface area contributed by atoms with Crippen molar-refractivity contribution in [3.8, 4) is 0 Å². The first-order valence-electron chi connectivity index (χ1n) is 7.31. The summed E-state index contributed by atoms with van der Waals surface area (Å²) >= 11 is 2.23. The van der Waals surface area contributed by atoms with E-state index in [1.165, 1.54) is 0 Å². The minimum Gasteiger partial charge on any atom is -0.380 e. The summed E-state index contributed by atoms with van der Waals surface area (Å²) in [6, 6.07) is 5.82. The van der Waals surface area contributed by atoms with Crippen LogP contribution >= 0.6 is 22.6 Å². The number of benzene rings is 1. The van der Waals surface area contributed by atoms with E-state index in [0.717, 1.165) is 14.7 Å². The molecule has 0 radical (unpaired) electrons. The highest BCUT2D eigenvalue weighted by Gasteiger charge is 2.18. The van der Waals surface area contributed by atoms with Crippen molar-refractivity contribution in [3.05, 3.63) is 32.9 Å². The lowest BCUT2D eigenvalue weighted by Gasteiger charge is -2.23. The summed E-state index contributed by atoms with van der Waals surface area (Å²) in [4.78, 5) is 14.5. The van der Waals surface area contributed by atoms with Gasteiger partial charge in [-0.15, -0.1) is 0 Å². The molecule has 0 heterocycles. The second-order valence-electron chi connectivity index (χ2n) is 4.62. The van der Waals surface area contributed by atoms with Crippen LogP contribution < -0.4 is 0 Å². The van der Waals surface area contributed by atoms with Crippen LogP contribution in [-0.2, 0) is 9.47 Å². The van der Waals surface area contributed by atoms with E-state index in [2.05, 4.69) is 22.6 Å². The molecule has 0 aliphatic rings. The lowest BCUT2D eigenvalue weighted by atomic mass is 10.1. The van der Waals surface area contributed by atoms with Gasteiger partial charge in [-0.1, -0.05) is 12.1 Å². The first-order valence-corrected chi connectivity index (χ1v) is 8.39. The van der Waals surface area contributed by atoms with Crippen LogP contribution in [0.15, 0.2) is 18.2 Å². The monoisotopic (exact) mass is 405 g/mol. The molecule has 0 N–H and O–H groups in total. The second kappa shape index (κ2) is 10.1. The van der Waals surface area contributed by atoms with Gasteiger partial charge in [-0.2, -0.15) is 0 Å². The number of aryl methyl sites for hydroxylation is 1. The van der Waals surface area contributed by atoms with Gasteiger partial charge in [0.15, 0.2) is 0 Å². The summed E-state index contributed by atoms with van der Waals surface area (Å²) in [6.07, 6.45) is 0. The maximum absolute atomic E-state index is 12.7. The summed E-state index contributed by atoms with van der Waals surface area (Å²) in [5, 5.41) is 0. The van der Waals surface area contributed by atoms with Crippen molar-refractivity contribution in [2.24, 2.45) is 0 Å². The predicted molar refractivity (Wildman–Crippen MR) is 92.8 cm³/mol. The Hall–Kier alpha value is -0.660. The van der Waals surface area contributed by atoms with Gasteiger partial charge in [-0.3, -0.25) is 4.79 Å². The van der Waals surface area contributed by atoms with Crippen LogP contribution in [0.3, 0.4) is 0 Å². The van der Waals surface area contributed by atoms with Gasteiger partial charge in [-0.25, -0.2) is 0 Å². The van der Waals surface area contributed by atoms with Crippen molar-refractivity contribution in [2.75, 3.05) is 39.5 Å². The molecule has 0 aliphatic heterocycles. The molecule has 5 heteroatoms. The quantitative estimate of drug-likeness (QED) is 0.468. The molecule has 1 amide bonds. The summed E-state index contributed by atoms with van der Waals surface area (Å²) < 4.78 is 11.8. The first kappa shape index (κ1) is 18.4. The summed E-state index contributed by atoms with van der Waals surface area (Å²) in [5.74, 6) is 0.0440. The van der Waals surface area contributed by atoms with Gasteiger partial charge in [0.2, 0.25) is 0 Å². The number of rotatable bonds is 9. The van der Waals surface area contributed by atoms with Gasteiger partial charge in [-0.05, 0) is 55.0 Å². The highest BCUT2D eigenvalue weighted by Crippen LogP contribution is 2.18. The van der Waals surface area contributed by atoms with Gasteiger partial charge < -0.3 is 14.4 Å². The lowest BCUT2D eigenvalue weighted by Crippen LogP contribution is -2.37. The van der Waals surface area contributed by atoms with Crippen molar-refractivity contribution >= 4 is 28.5 Å². The van der Waals surface area contributed by atoms with Crippen molar-refractivity contribution in [1.29, 1.82) is 0 Å². The summed E-state index contributed by atoms with van der Waals surface area (Å²) in [7, 11) is 0. The Morgan fingerprint density at radius 1 is 1.14 bits per heavy atom. The predicted octanol–water partition coefficient (Wildman–Crippen LogP) is 3.11. The van der Waals surface area contributed by atoms with Crippen molar-refractivity contribution in [1.82, 2.24) is 4.90 Å². The van der Waals surface area contributed by atoms with E-state index < -0.39 is 0 Å². The molecular formula is C16H24INO3. The number of nitrogens with zero attached hydrogens (tertiary/aromatic N) is 1. The highest BCUT2D eigenvalue weighted by atomic mass is 127. The number of halogens is 1. The zero-order valence-electron chi connectivity index (χ0n) is 13.0. The van der Waals surface area contributed by atoms with Gasteiger partial charge in [0.25, 0.3) is 5.91 Å². The summed E-state index contributed by atoms with van der Waals surface area (Å²) in [6.45, 7) is 9.53. The van der Waals surface area contributed by atoms with E-state index in [1.807, 2.05) is 43.9 Å². The van der Waals surface area contributed by atoms with Gasteiger partial charge in [0, 0.05) is 29.9 Å². The van der Waals surface area contributed by atoms with Gasteiger partial charge in [0.05, 0.1) is 18.8 Å². The molecule has 0 aliphatic carbocycles. The molecule has 0 unspecified atom stereocenters. The molecule has 0 aromatic heterocycles. The molecule has 0 bridgehead atoms. The number of hydrogen-bond acceptors (Lipinski definition) is 3. The van der Waals surface area contributed by atoms with Crippen LogP contribution in [0.1, 0.15) is 29.8 Å². The third-order valence-electron chi connectivity index (χ3n) is 3.13. The Bertz CT molecular complexity index is 441. The van der Waals surface area contributed by atoms with E-state index in [9.17, 15) is 4.79 Å². The van der Waals surface area contributed by atoms with E-state index in [-0.39, 0.29) is 5.91 Å². The van der Waals surface area contributed by atoms with Crippen LogP contribution in [0, 0.1) is 10.5 Å². The molecule has 1 aromatic carbocycles. The second-order valence-corrected chi connectivity index (χ2v) is 5.70. The van der Waals surface area contributed by atoms with E-state index in [4.69, 9.17) is 9.47 Å². The molecule has 0 fully saturated rings. The average Bonchev–Trinajstić information content (AvgIpc) is 2.48. The fraction of sp³-hybridized carbons (Fsp3) is 0.562. The maximum atomic E-state index is 12.7. The average molecular weight is 405 g/mol. The van der Waals surface area contributed by atoms with E-state index in [1.54, 1.807) is 0 Å². The number of ether oxygens (including phenoxy) is 2. The first-order chi connectivity index (χ1) is 10.1. The van der Waals surface area contributed by atoms with Gasteiger partial charge >= 0.3 is 0 Å². The van der Waals surface area contributed by atoms with Gasteiger partial charge in [0.1, 0.15) is 0 Å². The molecule has 118 valence electrons. The van der Waals surface area contributed by atoms with Crippen LogP contribution in [-0.4, -0.2) is 50.3 Å². The van der Waals surface area contributed by atoms with E-state index in [0.29, 0.717) is 39.5 Å². The van der Waals surface area contributed by atoms with Crippen molar-refractivity contribution in [3.63, 3.8) is 0 Å². The maximum Gasteiger partial charge on any atom is 0.255 e. The molecule has 4 nitrogen and oxygen atoms in total. The van der Waals surface area contributed by atoms with Crippen molar-refractivity contribution in [2.45, 2.75) is 20.8 Å². The highest BCUT2D eigenvalue weighted by molar-refractivity contribution is 14.1. The van der Waals surface area contributed by atoms with Crippen LogP contribution in [0.2, 0.25) is 0 Å². The molecule has 1 aromatic rings. The fourth-order valence-electron chi connectivity index (χ4n) is 1.94. The Morgan fingerprint density at radius 3 is 2.24 bits per heavy atom. The number of amides is 1. The zero-order valence-corrected chi connectivity index (χ0v) is 15.2. The Labute approximate surface area is 140 Å². The minimum atomic E-state index is 0.0440. The molecule has 0 saturated carbocycles. The standard InChI is InChI=1S/C16H24INO3/c1-4-20-11-9-18(10-12-21-5-2)16(19)14-8-6-7-13(3)15(14)17/h6-8H,4-5,9-12H2,1-3H3. The van der Waals surface area contributed by atoms with E-state index >= 15 is 0 Å². The molecule has 0 atom stereocenters. The SMILES string of the molecule is CCOCCN(CCOCC)C(=O)c1cccc(C)c1I. The Morgan fingerprint density at radius 2 is 1.71 bits per heavy atom. The largest absolute Gasteiger partial charge is 0.380 e. The molecule has 0 spiro atoms. The molecule has 0 saturated heterocycles. The molecule has 21 heavy (non-hydrogen) atoms. The third kappa shape index (κ3) is 5.92. The Kier molecular flexibility index (Phi) is 8.87. The fourth-order valence-corrected chi connectivity index (χ4v) is 2.53. The van der Waals surface area contributed by atoms with Crippen LogP contribution in [0.4, 0.5) is 0 Å². The van der Waals surface area contributed by atoms with Crippen LogP contribution in [0.25, 0.3) is 0 Å². The minimum absolute atomic E-state index is 0.0440. The molecular weight excluding hydrogens is 381 g/mol. The normalized spacial score (nSPS) is 10.7. The van der Waals surface area contributed by atoms with Crippen molar-refractivity contribution < 1.29 is 14.3 Å². The molecule has 1 rings (SSSR count).